The molecule has 0 unspecified atom stereocenters. The van der Waals surface area contributed by atoms with E-state index in [1.807, 2.05) is 0 Å². The van der Waals surface area contributed by atoms with Gasteiger partial charge in [-0.2, -0.15) is 0 Å². The first-order chi connectivity index (χ1) is 6.14. The molecule has 0 saturated heterocycles. The van der Waals surface area contributed by atoms with Gasteiger partial charge in [0, 0.05) is 0 Å². The Hall–Kier alpha value is 0.743. The molecule has 0 amide bonds. The van der Waals surface area contributed by atoms with Gasteiger partial charge in [0.05, 0.1) is 0 Å². The predicted molar refractivity (Wildman–Crippen MR) is 57.8 cm³/mol. The molecule has 1 rings (SSSR count). The molecule has 0 fully saturated rings. The first-order valence-electron chi connectivity index (χ1n) is 5.08. The average molecular weight is 340 g/mol. The molecule has 0 spiro atoms. The fourth-order valence-electron chi connectivity index (χ4n) is 1.79. The summed E-state index contributed by atoms with van der Waals surface area (Å²) in [5, 5.41) is 0. The van der Waals surface area contributed by atoms with Gasteiger partial charge in [0.25, 0.3) is 0 Å². The van der Waals surface area contributed by atoms with Crippen LogP contribution in [0.5, 0.6) is 0 Å². The molecule has 1 N–H and O–H groups in total. The number of nitrogens with one attached hydrogen (secondary N) is 1. The number of rotatable bonds is 0. The monoisotopic (exact) mass is 338 g/mol. The van der Waals surface area contributed by atoms with Gasteiger partial charge in [-0.25, -0.2) is 0 Å². The van der Waals surface area contributed by atoms with Crippen LogP contribution in [0.25, 0.3) is 0 Å². The Balaban J connectivity index is 0. The number of halogens is 2. The Morgan fingerprint density at radius 3 is 1.62 bits per heavy atom. The molecule has 1 nitrogen and oxygen atoms in total. The molecule has 0 bridgehead atoms. The van der Waals surface area contributed by atoms with Crippen LogP contribution in [0.1, 0.15) is 52.7 Å². The molecule has 4 heteroatoms. The van der Waals surface area contributed by atoms with E-state index in [9.17, 15) is 0 Å². The maximum absolute atomic E-state index is 3.39. The molecular formula is C12H20Cl2NZr. The topological polar surface area (TPSA) is 15.8 Å². The zero-order valence-electron chi connectivity index (χ0n) is 10.8. The molecule has 0 atom stereocenters. The Kier molecular flexibility index (Phi) is 7.24. The summed E-state index contributed by atoms with van der Waals surface area (Å²) in [6.45, 7) is 13.7. The van der Waals surface area contributed by atoms with E-state index in [-0.39, 0.29) is 35.6 Å². The molecule has 91 valence electrons. The van der Waals surface area contributed by atoms with E-state index in [1.54, 1.807) is 0 Å². The minimum atomic E-state index is 0. The largest absolute Gasteiger partial charge is 1.00 e. The second-order valence-corrected chi connectivity index (χ2v) is 7.18. The minimum Gasteiger partial charge on any atom is -1.00 e. The van der Waals surface area contributed by atoms with Gasteiger partial charge < -0.3 is 24.8 Å². The summed E-state index contributed by atoms with van der Waals surface area (Å²) in [5.74, 6) is 0. The summed E-state index contributed by atoms with van der Waals surface area (Å²) in [6.07, 6.45) is 2.19. The second kappa shape index (κ2) is 6.07. The number of H-pyrrole nitrogens is 1. The molecule has 16 heavy (non-hydrogen) atoms. The minimum absolute atomic E-state index is 0. The Labute approximate surface area is 127 Å². The summed E-state index contributed by atoms with van der Waals surface area (Å²) in [5.41, 5.74) is 3.48. The van der Waals surface area contributed by atoms with Gasteiger partial charge in [-0.1, -0.05) is 0 Å². The molecule has 0 saturated carbocycles. The molecule has 0 aliphatic carbocycles. The molecule has 0 radical (unpaired) electrons. The van der Waals surface area contributed by atoms with Crippen molar-refractivity contribution in [2.75, 3.05) is 0 Å². The maximum atomic E-state index is 3.39. The van der Waals surface area contributed by atoms with Crippen molar-refractivity contribution < 1.29 is 49.5 Å². The third-order valence-corrected chi connectivity index (χ3v) is 3.41. The van der Waals surface area contributed by atoms with E-state index in [0.29, 0.717) is 0 Å². The van der Waals surface area contributed by atoms with Gasteiger partial charge in [-0.15, -0.1) is 0 Å². The van der Waals surface area contributed by atoms with Crippen molar-refractivity contribution in [1.82, 2.24) is 4.98 Å². The third kappa shape index (κ3) is 4.20. The van der Waals surface area contributed by atoms with Crippen LogP contribution in [0.15, 0.2) is 6.20 Å². The zero-order chi connectivity index (χ0) is 11.1. The first kappa shape index (κ1) is 19.1. The SMILES string of the molecule is CC(C)(C)c1c[nH][c]([Zr+2])c1C(C)(C)C.[Cl-].[Cl-]. The van der Waals surface area contributed by atoms with Gasteiger partial charge in [0.1, 0.15) is 0 Å². The van der Waals surface area contributed by atoms with Crippen LogP contribution >= 0.6 is 0 Å². The van der Waals surface area contributed by atoms with E-state index in [2.05, 4.69) is 52.7 Å². The van der Waals surface area contributed by atoms with Crippen LogP contribution in [-0.4, -0.2) is 4.98 Å². The van der Waals surface area contributed by atoms with Crippen molar-refractivity contribution in [3.8, 4) is 0 Å². The van der Waals surface area contributed by atoms with Crippen molar-refractivity contribution in [3.05, 3.63) is 17.3 Å². The van der Waals surface area contributed by atoms with Gasteiger partial charge in [0.2, 0.25) is 0 Å². The van der Waals surface area contributed by atoms with Crippen molar-refractivity contribution in [3.63, 3.8) is 0 Å². The fourth-order valence-corrected chi connectivity index (χ4v) is 3.22. The Morgan fingerprint density at radius 2 is 1.38 bits per heavy atom. The van der Waals surface area contributed by atoms with Crippen molar-refractivity contribution >= 4 is 3.40 Å². The maximum Gasteiger partial charge on any atom is -1.00 e. The summed E-state index contributed by atoms with van der Waals surface area (Å²) < 4.78 is 1.40. The first-order valence-corrected chi connectivity index (χ1v) is 6.31. The van der Waals surface area contributed by atoms with Crippen LogP contribution in [0.4, 0.5) is 0 Å². The predicted octanol–water partition coefficient (Wildman–Crippen LogP) is -3.21. The van der Waals surface area contributed by atoms with Gasteiger partial charge in [0.15, 0.2) is 0 Å². The molecular weight excluding hydrogens is 320 g/mol. The van der Waals surface area contributed by atoms with E-state index in [4.69, 9.17) is 0 Å². The van der Waals surface area contributed by atoms with Crippen LogP contribution in [0.2, 0.25) is 0 Å². The van der Waals surface area contributed by atoms with Crippen LogP contribution in [0, 0.1) is 0 Å². The van der Waals surface area contributed by atoms with Crippen LogP contribution < -0.4 is 28.2 Å². The van der Waals surface area contributed by atoms with Crippen molar-refractivity contribution in [2.45, 2.75) is 52.4 Å². The van der Waals surface area contributed by atoms with Gasteiger partial charge in [-0.3, -0.25) is 0 Å². The number of aromatic amines is 1. The second-order valence-electron chi connectivity index (χ2n) is 5.95. The van der Waals surface area contributed by atoms with Crippen molar-refractivity contribution in [2.24, 2.45) is 0 Å². The van der Waals surface area contributed by atoms with Crippen molar-refractivity contribution in [1.29, 1.82) is 0 Å². The van der Waals surface area contributed by atoms with Crippen LogP contribution in [0.3, 0.4) is 0 Å². The number of hydrogen-bond donors (Lipinski definition) is 1. The van der Waals surface area contributed by atoms with Gasteiger partial charge >= 0.3 is 103 Å². The zero-order valence-corrected chi connectivity index (χ0v) is 14.8. The Bertz CT molecular complexity index is 332. The van der Waals surface area contributed by atoms with E-state index >= 15 is 0 Å². The van der Waals surface area contributed by atoms with E-state index in [1.165, 1.54) is 39.2 Å². The Morgan fingerprint density at radius 1 is 0.938 bits per heavy atom. The molecule has 1 aromatic heterocycles. The standard InChI is InChI=1S/C12H20N.2ClH.Zr/c1-11(2,3)9-7-13-8-10(9)12(4,5)6;;;/h7,13H,1-6H3;2*1H;/q;;;+2/p-2. The van der Waals surface area contributed by atoms with Gasteiger partial charge in [-0.05, 0) is 0 Å². The molecule has 1 heterocycles. The normalized spacial score (nSPS) is 11.8. The summed E-state index contributed by atoms with van der Waals surface area (Å²) in [6, 6.07) is 0. The van der Waals surface area contributed by atoms with E-state index in [0.717, 1.165) is 0 Å². The van der Waals surface area contributed by atoms with E-state index < -0.39 is 0 Å². The molecule has 1 aromatic rings. The molecule has 0 aliphatic heterocycles. The number of aromatic nitrogens is 1. The third-order valence-electron chi connectivity index (χ3n) is 2.44. The summed E-state index contributed by atoms with van der Waals surface area (Å²) in [4.78, 5) is 3.39. The fraction of sp³-hybridized carbons (Fsp3) is 0.667. The summed E-state index contributed by atoms with van der Waals surface area (Å²) in [7, 11) is 0. The average Bonchev–Trinajstić information content (AvgIpc) is 2.27. The van der Waals surface area contributed by atoms with Crippen LogP contribution in [-0.2, 0) is 35.5 Å². The smallest absolute Gasteiger partial charge is 1.00 e. The molecule has 0 aliphatic rings. The quantitative estimate of drug-likeness (QED) is 0.512. The molecule has 0 aromatic carbocycles. The summed E-state index contributed by atoms with van der Waals surface area (Å²) >= 11 is 1.48. The number of hydrogen-bond acceptors (Lipinski definition) is 0.